The largest absolute Gasteiger partial charge is 0.337 e. The first-order valence-electron chi connectivity index (χ1n) is 7.01. The van der Waals surface area contributed by atoms with E-state index in [0.29, 0.717) is 6.54 Å². The number of carbonyl (C=O) groups excluding carboxylic acids is 1. The molecule has 0 fully saturated rings. The van der Waals surface area contributed by atoms with Crippen LogP contribution in [-0.2, 0) is 6.42 Å². The van der Waals surface area contributed by atoms with E-state index < -0.39 is 0 Å². The minimum absolute atomic E-state index is 0.0527. The van der Waals surface area contributed by atoms with Crippen LogP contribution in [0.2, 0.25) is 0 Å². The summed E-state index contributed by atoms with van der Waals surface area (Å²) in [6.07, 6.45) is 0.948. The van der Waals surface area contributed by atoms with Crippen LogP contribution in [0.4, 0.5) is 4.79 Å². The summed E-state index contributed by atoms with van der Waals surface area (Å²) in [5.41, 5.74) is 2.77. The molecule has 3 nitrogen and oxygen atoms in total. The van der Waals surface area contributed by atoms with E-state index in [0.717, 1.165) is 13.0 Å². The predicted octanol–water partition coefficient (Wildman–Crippen LogP) is 3.36. The average molecular weight is 260 g/mol. The lowest BCUT2D eigenvalue weighted by Gasteiger charge is -2.36. The van der Waals surface area contributed by atoms with Gasteiger partial charge in [-0.25, -0.2) is 4.79 Å². The van der Waals surface area contributed by atoms with E-state index in [1.165, 1.54) is 11.1 Å². The summed E-state index contributed by atoms with van der Waals surface area (Å²) in [5.74, 6) is 0. The van der Waals surface area contributed by atoms with Gasteiger partial charge in [-0.2, -0.15) is 0 Å². The summed E-state index contributed by atoms with van der Waals surface area (Å²) < 4.78 is 0. The number of carbonyl (C=O) groups is 1. The molecule has 3 heteroatoms. The lowest BCUT2D eigenvalue weighted by Crippen LogP contribution is -2.46. The van der Waals surface area contributed by atoms with E-state index in [-0.39, 0.29) is 17.5 Å². The Hall–Kier alpha value is -1.51. The molecule has 1 aromatic rings. The fourth-order valence-corrected chi connectivity index (χ4v) is 2.49. The van der Waals surface area contributed by atoms with Crippen LogP contribution < -0.4 is 5.32 Å². The number of hydrogen-bond acceptors (Lipinski definition) is 1. The summed E-state index contributed by atoms with van der Waals surface area (Å²) in [5, 5.41) is 3.04. The molecular weight excluding hydrogens is 236 g/mol. The van der Waals surface area contributed by atoms with Crippen molar-refractivity contribution in [2.45, 2.75) is 40.2 Å². The summed E-state index contributed by atoms with van der Waals surface area (Å²) in [7, 11) is 0. The Bertz CT molecular complexity index is 462. The maximum absolute atomic E-state index is 12.3. The molecule has 19 heavy (non-hydrogen) atoms. The molecule has 2 amide bonds. The van der Waals surface area contributed by atoms with Gasteiger partial charge in [0.15, 0.2) is 0 Å². The third kappa shape index (κ3) is 3.28. The van der Waals surface area contributed by atoms with E-state index in [4.69, 9.17) is 0 Å². The topological polar surface area (TPSA) is 32.3 Å². The first-order valence-corrected chi connectivity index (χ1v) is 7.01. The summed E-state index contributed by atoms with van der Waals surface area (Å²) in [6, 6.07) is 8.62. The molecule has 1 atom stereocenters. The molecule has 0 radical (unpaired) electrons. The molecule has 1 unspecified atom stereocenters. The van der Waals surface area contributed by atoms with Gasteiger partial charge in [0, 0.05) is 13.1 Å². The fraction of sp³-hybridized carbons (Fsp3) is 0.562. The number of rotatable bonds is 1. The Balaban J connectivity index is 2.05. The Kier molecular flexibility index (Phi) is 3.83. The van der Waals surface area contributed by atoms with E-state index in [9.17, 15) is 4.79 Å². The van der Waals surface area contributed by atoms with Gasteiger partial charge in [-0.15, -0.1) is 0 Å². The van der Waals surface area contributed by atoms with Crippen molar-refractivity contribution in [3.8, 4) is 0 Å². The zero-order valence-corrected chi connectivity index (χ0v) is 12.4. The maximum Gasteiger partial charge on any atom is 0.317 e. The molecule has 0 spiro atoms. The molecule has 0 saturated heterocycles. The molecule has 2 rings (SSSR count). The number of urea groups is 1. The molecule has 1 aliphatic heterocycles. The third-order valence-electron chi connectivity index (χ3n) is 3.63. The van der Waals surface area contributed by atoms with Crippen LogP contribution >= 0.6 is 0 Å². The molecule has 1 aliphatic rings. The predicted molar refractivity (Wildman–Crippen MR) is 78.1 cm³/mol. The maximum atomic E-state index is 12.3. The number of amides is 2. The smallest absolute Gasteiger partial charge is 0.317 e. The minimum atomic E-state index is 0.0527. The number of hydrogen-bond donors (Lipinski definition) is 1. The van der Waals surface area contributed by atoms with Crippen molar-refractivity contribution in [1.29, 1.82) is 0 Å². The Morgan fingerprint density at radius 3 is 2.74 bits per heavy atom. The molecule has 1 aromatic carbocycles. The van der Waals surface area contributed by atoms with Crippen LogP contribution in [0.25, 0.3) is 0 Å². The second-order valence-electron chi connectivity index (χ2n) is 6.54. The number of nitrogens with one attached hydrogen (secondary N) is 1. The van der Waals surface area contributed by atoms with Crippen LogP contribution in [0.15, 0.2) is 24.3 Å². The van der Waals surface area contributed by atoms with Crippen molar-refractivity contribution in [1.82, 2.24) is 10.2 Å². The monoisotopic (exact) mass is 260 g/mol. The lowest BCUT2D eigenvalue weighted by atomic mass is 9.94. The van der Waals surface area contributed by atoms with Gasteiger partial charge >= 0.3 is 6.03 Å². The van der Waals surface area contributed by atoms with E-state index in [1.807, 2.05) is 11.0 Å². The number of fused-ring (bicyclic) bond motifs is 1. The molecule has 1 heterocycles. The summed E-state index contributed by atoms with van der Waals surface area (Å²) >= 11 is 0. The van der Waals surface area contributed by atoms with Crippen LogP contribution in [0.1, 0.15) is 44.9 Å². The number of benzene rings is 1. The van der Waals surface area contributed by atoms with Gasteiger partial charge in [-0.1, -0.05) is 45.0 Å². The second kappa shape index (κ2) is 5.24. The number of nitrogens with zero attached hydrogens (tertiary/aromatic N) is 1. The van der Waals surface area contributed by atoms with Crippen molar-refractivity contribution in [2.75, 3.05) is 13.1 Å². The van der Waals surface area contributed by atoms with Crippen LogP contribution in [0.3, 0.4) is 0 Å². The van der Waals surface area contributed by atoms with Gasteiger partial charge < -0.3 is 10.2 Å². The Labute approximate surface area is 116 Å². The van der Waals surface area contributed by atoms with Crippen LogP contribution in [0, 0.1) is 5.41 Å². The third-order valence-corrected chi connectivity index (χ3v) is 3.63. The van der Waals surface area contributed by atoms with Gasteiger partial charge in [0.1, 0.15) is 0 Å². The molecule has 0 aromatic heterocycles. The highest BCUT2D eigenvalue weighted by atomic mass is 16.2. The van der Waals surface area contributed by atoms with Crippen molar-refractivity contribution < 1.29 is 4.79 Å². The molecule has 0 bridgehead atoms. The second-order valence-corrected chi connectivity index (χ2v) is 6.54. The van der Waals surface area contributed by atoms with Gasteiger partial charge in [-0.3, -0.25) is 0 Å². The van der Waals surface area contributed by atoms with Crippen molar-refractivity contribution in [3.63, 3.8) is 0 Å². The molecule has 0 saturated carbocycles. The molecule has 0 aliphatic carbocycles. The van der Waals surface area contributed by atoms with Gasteiger partial charge in [0.25, 0.3) is 0 Å². The summed E-state index contributed by atoms with van der Waals surface area (Å²) in [4.78, 5) is 14.2. The summed E-state index contributed by atoms with van der Waals surface area (Å²) in [6.45, 7) is 9.99. The molecular formula is C16H24N2O. The van der Waals surface area contributed by atoms with Crippen LogP contribution in [0.5, 0.6) is 0 Å². The Morgan fingerprint density at radius 2 is 2.05 bits per heavy atom. The quantitative estimate of drug-likeness (QED) is 0.825. The normalized spacial score (nSPS) is 18.9. The highest BCUT2D eigenvalue weighted by Gasteiger charge is 2.27. The Morgan fingerprint density at radius 1 is 1.37 bits per heavy atom. The highest BCUT2D eigenvalue weighted by Crippen LogP contribution is 2.29. The van der Waals surface area contributed by atoms with E-state index in [2.05, 4.69) is 51.2 Å². The van der Waals surface area contributed by atoms with Gasteiger partial charge in [0.2, 0.25) is 0 Å². The average Bonchev–Trinajstić information content (AvgIpc) is 2.36. The van der Waals surface area contributed by atoms with Gasteiger partial charge in [0.05, 0.1) is 6.04 Å². The van der Waals surface area contributed by atoms with Crippen molar-refractivity contribution >= 4 is 6.03 Å². The van der Waals surface area contributed by atoms with Crippen molar-refractivity contribution in [3.05, 3.63) is 35.4 Å². The van der Waals surface area contributed by atoms with E-state index in [1.54, 1.807) is 0 Å². The fourth-order valence-electron chi connectivity index (χ4n) is 2.49. The first kappa shape index (κ1) is 13.9. The zero-order valence-electron chi connectivity index (χ0n) is 12.4. The molecule has 104 valence electrons. The van der Waals surface area contributed by atoms with Gasteiger partial charge in [-0.05, 0) is 29.9 Å². The zero-order chi connectivity index (χ0) is 14.0. The lowest BCUT2D eigenvalue weighted by molar-refractivity contribution is 0.170. The van der Waals surface area contributed by atoms with E-state index >= 15 is 0 Å². The van der Waals surface area contributed by atoms with Crippen LogP contribution in [-0.4, -0.2) is 24.0 Å². The first-order chi connectivity index (χ1) is 8.88. The van der Waals surface area contributed by atoms with Crippen molar-refractivity contribution in [2.24, 2.45) is 5.41 Å². The SMILES string of the molecule is CC1c2ccccc2CCN1C(=O)NCC(C)(C)C. The minimum Gasteiger partial charge on any atom is -0.337 e. The molecule has 1 N–H and O–H groups in total. The standard InChI is InChI=1S/C16H24N2O/c1-12-14-8-6-5-7-13(14)9-10-18(12)15(19)17-11-16(2,3)4/h5-8,12H,9-11H2,1-4H3,(H,17,19). The highest BCUT2D eigenvalue weighted by molar-refractivity contribution is 5.75.